The molecule has 0 spiro atoms. The number of alkyl halides is 3. The number of aliphatic hydroxyl groups is 1. The second-order valence-corrected chi connectivity index (χ2v) is 8.25. The van der Waals surface area contributed by atoms with Gasteiger partial charge in [0, 0.05) is 37.1 Å². The van der Waals surface area contributed by atoms with Crippen LogP contribution in [0.1, 0.15) is 40.6 Å². The number of rotatable bonds is 3. The number of carbonyl (C=O) groups is 1. The molecule has 4 heterocycles. The summed E-state index contributed by atoms with van der Waals surface area (Å²) in [6.07, 6.45) is -4.21. The smallest absolute Gasteiger partial charge is 0.416 e. The maximum atomic E-state index is 13.0. The Hall–Kier alpha value is -2.79. The number of amides is 1. The highest BCUT2D eigenvalue weighted by atomic mass is 19.4. The fraction of sp³-hybridized carbons (Fsp3) is 0.524. The fourth-order valence-corrected chi connectivity index (χ4v) is 4.34. The standard InChI is InChI=1S/C21H22F3N3O5/c22-21(23,24)12-1-2-17-13(7-12)19(28)15(10-31-17)25-20(29)14-8-18-27(26-14)5-3-16(32-18)11-4-6-30-9-11/h1-2,7-8,11,15-16,19,28H,3-6,9-10H2,(H,25,29)/t11?,15-,16?,19?/m0/s1. The van der Waals surface area contributed by atoms with Crippen molar-refractivity contribution in [1.29, 1.82) is 0 Å². The summed E-state index contributed by atoms with van der Waals surface area (Å²) in [7, 11) is 0. The van der Waals surface area contributed by atoms with E-state index in [9.17, 15) is 23.1 Å². The van der Waals surface area contributed by atoms with E-state index < -0.39 is 29.8 Å². The minimum Gasteiger partial charge on any atom is -0.491 e. The van der Waals surface area contributed by atoms with Crippen molar-refractivity contribution < 1.29 is 37.3 Å². The first-order chi connectivity index (χ1) is 15.3. The van der Waals surface area contributed by atoms with Crippen LogP contribution >= 0.6 is 0 Å². The molecule has 8 nitrogen and oxygen atoms in total. The van der Waals surface area contributed by atoms with Crippen LogP contribution in [0.3, 0.4) is 0 Å². The third-order valence-electron chi connectivity index (χ3n) is 6.14. The second kappa shape index (κ2) is 7.96. The van der Waals surface area contributed by atoms with Gasteiger partial charge in [0.2, 0.25) is 5.88 Å². The summed E-state index contributed by atoms with van der Waals surface area (Å²) < 4.78 is 57.6. The molecule has 1 amide bonds. The quantitative estimate of drug-likeness (QED) is 0.741. The van der Waals surface area contributed by atoms with Crippen molar-refractivity contribution in [2.24, 2.45) is 5.92 Å². The van der Waals surface area contributed by atoms with E-state index >= 15 is 0 Å². The van der Waals surface area contributed by atoms with E-state index in [1.165, 1.54) is 12.1 Å². The van der Waals surface area contributed by atoms with Crippen molar-refractivity contribution in [3.8, 4) is 11.6 Å². The van der Waals surface area contributed by atoms with E-state index in [-0.39, 0.29) is 29.7 Å². The van der Waals surface area contributed by atoms with Crippen molar-refractivity contribution in [3.63, 3.8) is 0 Å². The molecule has 0 radical (unpaired) electrons. The Labute approximate surface area is 181 Å². The van der Waals surface area contributed by atoms with Crippen LogP contribution in [0, 0.1) is 5.92 Å². The van der Waals surface area contributed by atoms with Gasteiger partial charge in [-0.05, 0) is 24.6 Å². The van der Waals surface area contributed by atoms with Crippen molar-refractivity contribution in [2.75, 3.05) is 19.8 Å². The third-order valence-corrected chi connectivity index (χ3v) is 6.14. The number of aromatic nitrogens is 2. The minimum atomic E-state index is -4.55. The highest BCUT2D eigenvalue weighted by Gasteiger charge is 2.37. The number of ether oxygens (including phenoxy) is 3. The third kappa shape index (κ3) is 3.90. The SMILES string of the molecule is O=C(N[C@H]1COc2ccc(C(F)(F)F)cc2C1O)c1cc2n(n1)CCC(C1CCOC1)O2. The first kappa shape index (κ1) is 21.1. The molecule has 1 fully saturated rings. The van der Waals surface area contributed by atoms with Gasteiger partial charge in [-0.2, -0.15) is 18.3 Å². The fourth-order valence-electron chi connectivity index (χ4n) is 4.34. The Morgan fingerprint density at radius 3 is 2.81 bits per heavy atom. The van der Waals surface area contributed by atoms with Crippen LogP contribution in [0.25, 0.3) is 0 Å². The Morgan fingerprint density at radius 1 is 1.22 bits per heavy atom. The number of halogens is 3. The van der Waals surface area contributed by atoms with Crippen molar-refractivity contribution in [2.45, 2.75) is 43.8 Å². The maximum Gasteiger partial charge on any atom is 0.416 e. The lowest BCUT2D eigenvalue weighted by Gasteiger charge is -2.31. The van der Waals surface area contributed by atoms with Gasteiger partial charge in [0.25, 0.3) is 5.91 Å². The molecule has 1 aromatic carbocycles. The number of hydrogen-bond acceptors (Lipinski definition) is 6. The molecule has 0 aliphatic carbocycles. The molecule has 0 saturated carbocycles. The molecule has 3 unspecified atom stereocenters. The van der Waals surface area contributed by atoms with Gasteiger partial charge in [-0.3, -0.25) is 4.79 Å². The molecule has 0 bridgehead atoms. The lowest BCUT2D eigenvalue weighted by molar-refractivity contribution is -0.137. The van der Waals surface area contributed by atoms with Crippen LogP contribution in [0.2, 0.25) is 0 Å². The number of hydrogen-bond donors (Lipinski definition) is 2. The van der Waals surface area contributed by atoms with Crippen molar-refractivity contribution in [3.05, 3.63) is 41.1 Å². The predicted octanol–water partition coefficient (Wildman–Crippen LogP) is 2.31. The number of benzene rings is 1. The monoisotopic (exact) mass is 453 g/mol. The van der Waals surface area contributed by atoms with Gasteiger partial charge < -0.3 is 24.6 Å². The highest BCUT2D eigenvalue weighted by Crippen LogP contribution is 2.38. The molecule has 11 heteroatoms. The van der Waals surface area contributed by atoms with Gasteiger partial charge in [-0.1, -0.05) is 0 Å². The molecule has 32 heavy (non-hydrogen) atoms. The van der Waals surface area contributed by atoms with E-state index in [0.29, 0.717) is 24.9 Å². The predicted molar refractivity (Wildman–Crippen MR) is 103 cm³/mol. The van der Waals surface area contributed by atoms with Gasteiger partial charge in [0.05, 0.1) is 18.2 Å². The normalized spacial score (nSPS) is 27.1. The molecule has 3 aliphatic rings. The van der Waals surface area contributed by atoms with Gasteiger partial charge >= 0.3 is 6.18 Å². The van der Waals surface area contributed by atoms with Crippen LogP contribution in [0.5, 0.6) is 11.6 Å². The first-order valence-electron chi connectivity index (χ1n) is 10.4. The number of carbonyl (C=O) groups excluding carboxylic acids is 1. The number of aryl methyl sites for hydroxylation is 1. The van der Waals surface area contributed by atoms with Crippen molar-refractivity contribution in [1.82, 2.24) is 15.1 Å². The van der Waals surface area contributed by atoms with Crippen LogP contribution in [-0.4, -0.2) is 52.8 Å². The highest BCUT2D eigenvalue weighted by molar-refractivity contribution is 5.92. The molecule has 172 valence electrons. The van der Waals surface area contributed by atoms with Crippen LogP contribution in [0.4, 0.5) is 13.2 Å². The molecule has 3 aliphatic heterocycles. The summed E-state index contributed by atoms with van der Waals surface area (Å²) in [5.41, 5.74) is -0.817. The van der Waals surface area contributed by atoms with E-state index in [0.717, 1.165) is 31.6 Å². The summed E-state index contributed by atoms with van der Waals surface area (Å²) in [5.74, 6) is 0.383. The summed E-state index contributed by atoms with van der Waals surface area (Å²) in [5, 5.41) is 17.5. The second-order valence-electron chi connectivity index (χ2n) is 8.25. The average Bonchev–Trinajstić information content (AvgIpc) is 3.44. The van der Waals surface area contributed by atoms with Gasteiger partial charge in [-0.15, -0.1) is 0 Å². The summed E-state index contributed by atoms with van der Waals surface area (Å²) in [6.45, 7) is 1.89. The average molecular weight is 453 g/mol. The maximum absolute atomic E-state index is 13.0. The molecular weight excluding hydrogens is 431 g/mol. The van der Waals surface area contributed by atoms with E-state index in [4.69, 9.17) is 14.2 Å². The molecule has 1 aromatic heterocycles. The van der Waals surface area contributed by atoms with Crippen LogP contribution in [0.15, 0.2) is 24.3 Å². The molecule has 4 atom stereocenters. The molecular formula is C21H22F3N3O5. The molecule has 1 saturated heterocycles. The minimum absolute atomic E-state index is 0.00510. The number of nitrogens with one attached hydrogen (secondary N) is 1. The largest absolute Gasteiger partial charge is 0.491 e. The van der Waals surface area contributed by atoms with E-state index in [1.54, 1.807) is 4.68 Å². The first-order valence-corrected chi connectivity index (χ1v) is 10.4. The summed E-state index contributed by atoms with van der Waals surface area (Å²) in [6, 6.07) is 3.51. The van der Waals surface area contributed by atoms with Crippen LogP contribution in [-0.2, 0) is 17.5 Å². The van der Waals surface area contributed by atoms with Gasteiger partial charge in [0.1, 0.15) is 24.6 Å². The number of nitrogens with zero attached hydrogens (tertiary/aromatic N) is 2. The lowest BCUT2D eigenvalue weighted by Crippen LogP contribution is -2.45. The Morgan fingerprint density at radius 2 is 2.06 bits per heavy atom. The Bertz CT molecular complexity index is 1020. The zero-order chi connectivity index (χ0) is 22.5. The number of aliphatic hydroxyl groups excluding tert-OH is 1. The van der Waals surface area contributed by atoms with Crippen LogP contribution < -0.4 is 14.8 Å². The van der Waals surface area contributed by atoms with Gasteiger partial charge in [-0.25, -0.2) is 4.68 Å². The lowest BCUT2D eigenvalue weighted by atomic mass is 9.97. The van der Waals surface area contributed by atoms with E-state index in [2.05, 4.69) is 10.4 Å². The molecule has 2 N–H and O–H groups in total. The van der Waals surface area contributed by atoms with Gasteiger partial charge in [0.15, 0.2) is 5.69 Å². The number of fused-ring (bicyclic) bond motifs is 2. The summed E-state index contributed by atoms with van der Waals surface area (Å²) in [4.78, 5) is 12.7. The summed E-state index contributed by atoms with van der Waals surface area (Å²) >= 11 is 0. The van der Waals surface area contributed by atoms with E-state index in [1.807, 2.05) is 0 Å². The zero-order valence-corrected chi connectivity index (χ0v) is 17.0. The van der Waals surface area contributed by atoms with Crippen molar-refractivity contribution >= 4 is 5.91 Å². The molecule has 2 aromatic rings. The Kier molecular flexibility index (Phi) is 5.25. The Balaban J connectivity index is 1.28. The molecule has 5 rings (SSSR count). The zero-order valence-electron chi connectivity index (χ0n) is 17.0. The topological polar surface area (TPSA) is 94.8 Å².